The third kappa shape index (κ3) is 4.60. The number of rotatable bonds is 8. The Bertz CT molecular complexity index is 1170. The molecule has 160 valence electrons. The average molecular weight is 441 g/mol. The summed E-state index contributed by atoms with van der Waals surface area (Å²) in [5.41, 5.74) is 3.13. The summed E-state index contributed by atoms with van der Waals surface area (Å²) < 4.78 is 2.02. The lowest BCUT2D eigenvalue weighted by Crippen LogP contribution is -2.31. The second-order valence-corrected chi connectivity index (χ2v) is 8.87. The molecule has 0 bridgehead atoms. The quantitative estimate of drug-likeness (QED) is 0.378. The maximum absolute atomic E-state index is 12.9. The van der Waals surface area contributed by atoms with Crippen LogP contribution in [0, 0.1) is 5.92 Å². The molecule has 1 aromatic heterocycles. The van der Waals surface area contributed by atoms with Crippen molar-refractivity contribution in [2.75, 3.05) is 5.75 Å². The van der Waals surface area contributed by atoms with Gasteiger partial charge in [-0.3, -0.25) is 9.36 Å². The number of hydrogen-bond donors (Lipinski definition) is 1. The second-order valence-electron chi connectivity index (χ2n) is 7.93. The van der Waals surface area contributed by atoms with Crippen molar-refractivity contribution in [1.29, 1.82) is 0 Å². The monoisotopic (exact) mass is 440 g/mol. The lowest BCUT2D eigenvalue weighted by molar-refractivity contribution is -0.119. The van der Waals surface area contributed by atoms with E-state index in [0.29, 0.717) is 11.1 Å². The molecular weight excluding hydrogens is 416 g/mol. The Balaban J connectivity index is 1.35. The van der Waals surface area contributed by atoms with E-state index in [1.54, 1.807) is 0 Å². The van der Waals surface area contributed by atoms with Gasteiger partial charge in [0.15, 0.2) is 11.0 Å². The number of nitrogens with zero attached hydrogens (tertiary/aromatic N) is 3. The minimum Gasteiger partial charge on any atom is -0.348 e. The minimum absolute atomic E-state index is 0.0135. The molecule has 1 amide bonds. The normalized spacial score (nSPS) is 14.1. The van der Waals surface area contributed by atoms with Crippen LogP contribution in [0.4, 0.5) is 0 Å². The van der Waals surface area contributed by atoms with Crippen molar-refractivity contribution in [1.82, 2.24) is 20.1 Å². The topological polar surface area (TPSA) is 59.8 Å². The highest BCUT2D eigenvalue weighted by Gasteiger charge is 2.33. The van der Waals surface area contributed by atoms with Crippen LogP contribution in [0.5, 0.6) is 0 Å². The Morgan fingerprint density at radius 1 is 0.906 bits per heavy atom. The molecule has 0 spiro atoms. The number of carbonyl (C=O) groups excluding carboxylic acids is 1. The first-order chi connectivity index (χ1) is 15.8. The lowest BCUT2D eigenvalue weighted by Gasteiger charge is -2.18. The molecule has 0 aliphatic heterocycles. The van der Waals surface area contributed by atoms with Crippen LogP contribution >= 0.6 is 11.8 Å². The van der Waals surface area contributed by atoms with Gasteiger partial charge in [0.1, 0.15) is 0 Å². The number of nitrogens with one attached hydrogen (secondary N) is 1. The van der Waals surface area contributed by atoms with Gasteiger partial charge in [0, 0.05) is 11.3 Å². The van der Waals surface area contributed by atoms with Gasteiger partial charge in [-0.2, -0.15) is 0 Å². The Morgan fingerprint density at radius 3 is 2.19 bits per heavy atom. The molecule has 1 heterocycles. The summed E-state index contributed by atoms with van der Waals surface area (Å²) in [6.07, 6.45) is 2.32. The Kier molecular flexibility index (Phi) is 6.03. The number of thioether (sulfide) groups is 1. The van der Waals surface area contributed by atoms with Crippen LogP contribution in [-0.4, -0.2) is 26.4 Å². The summed E-state index contributed by atoms with van der Waals surface area (Å²) in [5.74, 6) is 1.60. The maximum atomic E-state index is 12.9. The number of para-hydroxylation sites is 1. The fourth-order valence-corrected chi connectivity index (χ4v) is 4.62. The molecule has 5 rings (SSSR count). The molecule has 4 aromatic rings. The van der Waals surface area contributed by atoms with Gasteiger partial charge < -0.3 is 5.32 Å². The molecule has 3 aromatic carbocycles. The fourth-order valence-electron chi connectivity index (χ4n) is 3.86. The van der Waals surface area contributed by atoms with Crippen molar-refractivity contribution < 1.29 is 4.79 Å². The van der Waals surface area contributed by atoms with Crippen LogP contribution in [0.15, 0.2) is 96.2 Å². The first kappa shape index (κ1) is 20.5. The van der Waals surface area contributed by atoms with Gasteiger partial charge in [-0.1, -0.05) is 90.6 Å². The summed E-state index contributed by atoms with van der Waals surface area (Å²) in [7, 11) is 0. The van der Waals surface area contributed by atoms with Crippen LogP contribution < -0.4 is 5.32 Å². The summed E-state index contributed by atoms with van der Waals surface area (Å²) in [5, 5.41) is 12.8. The molecule has 1 atom stereocenters. The highest BCUT2D eigenvalue weighted by molar-refractivity contribution is 7.99. The van der Waals surface area contributed by atoms with Gasteiger partial charge in [-0.05, 0) is 36.5 Å². The predicted octanol–water partition coefficient (Wildman–Crippen LogP) is 5.29. The van der Waals surface area contributed by atoms with E-state index < -0.39 is 0 Å². The standard InChI is InChI=1S/C26H24N4OS/c31-23(27-24(20-16-17-20)19-10-4-1-5-11-19)18-32-26-29-28-25(21-12-6-2-7-13-21)30(26)22-14-8-3-9-15-22/h1-15,20,24H,16-18H2,(H,27,31). The van der Waals surface area contributed by atoms with Crippen LogP contribution in [0.25, 0.3) is 17.1 Å². The van der Waals surface area contributed by atoms with E-state index in [0.717, 1.165) is 29.9 Å². The van der Waals surface area contributed by atoms with Gasteiger partial charge >= 0.3 is 0 Å². The number of aromatic nitrogens is 3. The summed E-state index contributed by atoms with van der Waals surface area (Å²) >= 11 is 1.41. The van der Waals surface area contributed by atoms with Crippen molar-refractivity contribution in [3.63, 3.8) is 0 Å². The maximum Gasteiger partial charge on any atom is 0.230 e. The predicted molar refractivity (Wildman–Crippen MR) is 128 cm³/mol. The van der Waals surface area contributed by atoms with Crippen molar-refractivity contribution in [3.8, 4) is 17.1 Å². The van der Waals surface area contributed by atoms with Gasteiger partial charge in [0.2, 0.25) is 5.91 Å². The summed E-state index contributed by atoms with van der Waals surface area (Å²) in [4.78, 5) is 12.9. The molecule has 1 aliphatic rings. The third-order valence-electron chi connectivity index (χ3n) is 5.58. The molecule has 1 unspecified atom stereocenters. The molecule has 1 aliphatic carbocycles. The van der Waals surface area contributed by atoms with Crippen LogP contribution in [0.3, 0.4) is 0 Å². The number of hydrogen-bond acceptors (Lipinski definition) is 4. The van der Waals surface area contributed by atoms with E-state index in [1.807, 2.05) is 83.4 Å². The Morgan fingerprint density at radius 2 is 1.53 bits per heavy atom. The molecule has 1 fully saturated rings. The van der Waals surface area contributed by atoms with E-state index in [1.165, 1.54) is 17.3 Å². The van der Waals surface area contributed by atoms with E-state index in [9.17, 15) is 4.79 Å². The second kappa shape index (κ2) is 9.40. The Labute approximate surface area is 191 Å². The van der Waals surface area contributed by atoms with Crippen molar-refractivity contribution in [2.24, 2.45) is 5.92 Å². The molecule has 0 saturated heterocycles. The number of benzene rings is 3. The van der Waals surface area contributed by atoms with E-state index in [-0.39, 0.29) is 17.7 Å². The van der Waals surface area contributed by atoms with Gasteiger partial charge in [0.25, 0.3) is 0 Å². The molecule has 0 radical (unpaired) electrons. The average Bonchev–Trinajstić information content (AvgIpc) is 3.61. The molecular formula is C26H24N4OS. The smallest absolute Gasteiger partial charge is 0.230 e. The van der Waals surface area contributed by atoms with Crippen LogP contribution in [0.2, 0.25) is 0 Å². The number of amides is 1. The van der Waals surface area contributed by atoms with Gasteiger partial charge in [-0.15, -0.1) is 10.2 Å². The van der Waals surface area contributed by atoms with E-state index >= 15 is 0 Å². The fraction of sp³-hybridized carbons (Fsp3) is 0.192. The number of carbonyl (C=O) groups is 1. The first-order valence-corrected chi connectivity index (χ1v) is 11.8. The Hall–Kier alpha value is -3.38. The zero-order valence-electron chi connectivity index (χ0n) is 17.6. The largest absolute Gasteiger partial charge is 0.348 e. The molecule has 5 nitrogen and oxygen atoms in total. The van der Waals surface area contributed by atoms with Crippen molar-refractivity contribution in [3.05, 3.63) is 96.6 Å². The molecule has 1 saturated carbocycles. The van der Waals surface area contributed by atoms with Crippen molar-refractivity contribution in [2.45, 2.75) is 24.0 Å². The lowest BCUT2D eigenvalue weighted by atomic mass is 10.0. The summed E-state index contributed by atoms with van der Waals surface area (Å²) in [6, 6.07) is 30.3. The molecule has 32 heavy (non-hydrogen) atoms. The highest BCUT2D eigenvalue weighted by Crippen LogP contribution is 2.41. The van der Waals surface area contributed by atoms with Crippen LogP contribution in [0.1, 0.15) is 24.4 Å². The molecule has 6 heteroatoms. The summed E-state index contributed by atoms with van der Waals surface area (Å²) in [6.45, 7) is 0. The zero-order valence-corrected chi connectivity index (χ0v) is 18.4. The van der Waals surface area contributed by atoms with Gasteiger partial charge in [-0.25, -0.2) is 0 Å². The third-order valence-corrected chi connectivity index (χ3v) is 6.51. The van der Waals surface area contributed by atoms with Crippen LogP contribution in [-0.2, 0) is 4.79 Å². The molecule has 1 N–H and O–H groups in total. The van der Waals surface area contributed by atoms with Gasteiger partial charge in [0.05, 0.1) is 11.8 Å². The zero-order chi connectivity index (χ0) is 21.8. The SMILES string of the molecule is O=C(CSc1nnc(-c2ccccc2)n1-c1ccccc1)NC(c1ccccc1)C1CC1. The van der Waals surface area contributed by atoms with E-state index in [4.69, 9.17) is 0 Å². The van der Waals surface area contributed by atoms with E-state index in [2.05, 4.69) is 27.6 Å². The minimum atomic E-state index is 0.0135. The highest BCUT2D eigenvalue weighted by atomic mass is 32.2. The first-order valence-electron chi connectivity index (χ1n) is 10.8. The van der Waals surface area contributed by atoms with Crippen molar-refractivity contribution >= 4 is 17.7 Å².